The molecule has 0 amide bonds. The summed E-state index contributed by atoms with van der Waals surface area (Å²) in [5, 5.41) is 23.0. The maximum Gasteiger partial charge on any atom is 0.293 e. The van der Waals surface area contributed by atoms with Crippen molar-refractivity contribution >= 4 is 21.2 Å². The van der Waals surface area contributed by atoms with Crippen molar-refractivity contribution in [1.82, 2.24) is 0 Å². The first-order chi connectivity index (χ1) is 9.16. The van der Waals surface area contributed by atoms with Gasteiger partial charge >= 0.3 is 0 Å². The summed E-state index contributed by atoms with van der Waals surface area (Å²) in [6.45, 7) is 3.53. The van der Waals surface area contributed by atoms with Gasteiger partial charge in [-0.3, -0.25) is 10.1 Å². The first-order valence-electron chi connectivity index (χ1n) is 6.02. The van der Waals surface area contributed by atoms with Crippen molar-refractivity contribution in [1.29, 1.82) is 0 Å². The van der Waals surface area contributed by atoms with Crippen molar-refractivity contribution < 1.29 is 18.4 Å². The minimum atomic E-state index is -3.50. The van der Waals surface area contributed by atoms with Gasteiger partial charge in [-0.05, 0) is 25.0 Å². The lowest BCUT2D eigenvalue weighted by molar-refractivity contribution is -0.384. The Hall–Kier alpha value is -1.67. The summed E-state index contributed by atoms with van der Waals surface area (Å²) < 4.78 is 22.8. The van der Waals surface area contributed by atoms with Crippen molar-refractivity contribution in [2.24, 2.45) is 5.92 Å². The monoisotopic (exact) mass is 302 g/mol. The number of hydrogen-bond donors (Lipinski definition) is 2. The number of rotatable bonds is 6. The van der Waals surface area contributed by atoms with Crippen LogP contribution >= 0.6 is 0 Å². The number of aliphatic hydroxyl groups is 1. The molecule has 2 atom stereocenters. The summed E-state index contributed by atoms with van der Waals surface area (Å²) in [5.74, 6) is -0.0933. The summed E-state index contributed by atoms with van der Waals surface area (Å²) in [6, 6.07) is 3.53. The summed E-state index contributed by atoms with van der Waals surface area (Å²) in [4.78, 5) is 10.3. The Kier molecular flexibility index (Phi) is 5.07. The number of nitro benzene ring substituents is 1. The number of nitrogens with one attached hydrogen (secondary N) is 1. The molecule has 0 aliphatic heterocycles. The average Bonchev–Trinajstić information content (AvgIpc) is 2.36. The van der Waals surface area contributed by atoms with Gasteiger partial charge in [0.15, 0.2) is 9.84 Å². The number of nitro groups is 1. The Bertz CT molecular complexity index is 600. The molecular formula is C12H18N2O5S. The van der Waals surface area contributed by atoms with Crippen molar-refractivity contribution in [3.05, 3.63) is 28.3 Å². The van der Waals surface area contributed by atoms with Gasteiger partial charge in [0, 0.05) is 25.0 Å². The molecule has 0 aliphatic carbocycles. The van der Waals surface area contributed by atoms with Gasteiger partial charge in [0.2, 0.25) is 0 Å². The van der Waals surface area contributed by atoms with Crippen LogP contribution in [-0.2, 0) is 9.84 Å². The van der Waals surface area contributed by atoms with Gasteiger partial charge in [-0.15, -0.1) is 0 Å². The van der Waals surface area contributed by atoms with Gasteiger partial charge < -0.3 is 10.4 Å². The first kappa shape index (κ1) is 16.4. The van der Waals surface area contributed by atoms with E-state index in [0.717, 1.165) is 12.3 Å². The first-order valence-corrected chi connectivity index (χ1v) is 7.92. The zero-order valence-electron chi connectivity index (χ0n) is 11.5. The molecule has 0 aliphatic rings. The highest BCUT2D eigenvalue weighted by molar-refractivity contribution is 7.90. The molecule has 8 heteroatoms. The highest BCUT2D eigenvalue weighted by Gasteiger charge is 2.21. The molecular weight excluding hydrogens is 284 g/mol. The van der Waals surface area contributed by atoms with E-state index in [1.54, 1.807) is 13.8 Å². The minimum absolute atomic E-state index is 0.0522. The molecule has 0 saturated carbocycles. The van der Waals surface area contributed by atoms with Gasteiger partial charge in [0.25, 0.3) is 5.69 Å². The third-order valence-electron chi connectivity index (χ3n) is 3.12. The van der Waals surface area contributed by atoms with Crippen LogP contribution in [0.1, 0.15) is 13.8 Å². The Balaban J connectivity index is 3.18. The van der Waals surface area contributed by atoms with E-state index in [0.29, 0.717) is 0 Å². The number of nitrogens with zero attached hydrogens (tertiary/aromatic N) is 1. The fraction of sp³-hybridized carbons (Fsp3) is 0.500. The van der Waals surface area contributed by atoms with E-state index in [1.807, 2.05) is 0 Å². The fourth-order valence-corrected chi connectivity index (χ4v) is 2.20. The summed E-state index contributed by atoms with van der Waals surface area (Å²) in [6.07, 6.45) is 0.996. The van der Waals surface area contributed by atoms with Crippen LogP contribution in [0.2, 0.25) is 0 Å². The summed E-state index contributed by atoms with van der Waals surface area (Å²) in [7, 11) is -3.50. The number of hydrogen-bond acceptors (Lipinski definition) is 6. The quantitative estimate of drug-likeness (QED) is 0.607. The SMILES string of the molecule is CC(CO)C(C)Nc1ccc(S(C)(=O)=O)cc1[N+](=O)[O-]. The van der Waals surface area contributed by atoms with Crippen LogP contribution in [0.4, 0.5) is 11.4 Å². The predicted octanol–water partition coefficient (Wildman–Crippen LogP) is 1.43. The van der Waals surface area contributed by atoms with Crippen LogP contribution in [0.5, 0.6) is 0 Å². The standard InChI is InChI=1S/C12H18N2O5S/c1-8(7-15)9(2)13-11-5-4-10(20(3,18)19)6-12(11)14(16)17/h4-6,8-9,13,15H,7H2,1-3H3. The third kappa shape index (κ3) is 3.91. The molecule has 1 aromatic rings. The Morgan fingerprint density at radius 3 is 2.45 bits per heavy atom. The number of anilines is 1. The molecule has 0 saturated heterocycles. The molecule has 0 spiro atoms. The maximum atomic E-state index is 11.4. The van der Waals surface area contributed by atoms with E-state index >= 15 is 0 Å². The van der Waals surface area contributed by atoms with Crippen molar-refractivity contribution in [3.63, 3.8) is 0 Å². The Morgan fingerprint density at radius 1 is 1.40 bits per heavy atom. The average molecular weight is 302 g/mol. The molecule has 1 rings (SSSR count). The molecule has 112 valence electrons. The summed E-state index contributed by atoms with van der Waals surface area (Å²) >= 11 is 0. The molecule has 2 N–H and O–H groups in total. The second-order valence-corrected chi connectivity index (χ2v) is 6.82. The van der Waals surface area contributed by atoms with Crippen molar-refractivity contribution in [3.8, 4) is 0 Å². The van der Waals surface area contributed by atoms with Crippen LogP contribution in [0.25, 0.3) is 0 Å². The predicted molar refractivity (Wildman–Crippen MR) is 75.5 cm³/mol. The topological polar surface area (TPSA) is 110 Å². The molecule has 0 bridgehead atoms. The van der Waals surface area contributed by atoms with Crippen LogP contribution in [0.3, 0.4) is 0 Å². The molecule has 2 unspecified atom stereocenters. The third-order valence-corrected chi connectivity index (χ3v) is 4.23. The molecule has 0 aromatic heterocycles. The van der Waals surface area contributed by atoms with E-state index in [4.69, 9.17) is 5.11 Å². The molecule has 20 heavy (non-hydrogen) atoms. The second kappa shape index (κ2) is 6.19. The normalized spacial score (nSPS) is 14.6. The van der Waals surface area contributed by atoms with Crippen LogP contribution in [-0.4, -0.2) is 37.4 Å². The maximum absolute atomic E-state index is 11.4. The van der Waals surface area contributed by atoms with E-state index in [-0.39, 0.29) is 34.8 Å². The Labute approximate surface area is 117 Å². The molecule has 0 fully saturated rings. The zero-order valence-corrected chi connectivity index (χ0v) is 12.3. The second-order valence-electron chi connectivity index (χ2n) is 4.80. The van der Waals surface area contributed by atoms with Crippen LogP contribution < -0.4 is 5.32 Å². The number of aliphatic hydroxyl groups excluding tert-OH is 1. The van der Waals surface area contributed by atoms with Gasteiger partial charge in [-0.25, -0.2) is 8.42 Å². The fourth-order valence-electron chi connectivity index (χ4n) is 1.56. The largest absolute Gasteiger partial charge is 0.396 e. The van der Waals surface area contributed by atoms with E-state index in [1.165, 1.54) is 12.1 Å². The zero-order chi connectivity index (χ0) is 15.5. The minimum Gasteiger partial charge on any atom is -0.396 e. The van der Waals surface area contributed by atoms with Gasteiger partial charge in [-0.2, -0.15) is 0 Å². The lowest BCUT2D eigenvalue weighted by atomic mass is 10.0. The van der Waals surface area contributed by atoms with Gasteiger partial charge in [0.05, 0.1) is 9.82 Å². The van der Waals surface area contributed by atoms with E-state index < -0.39 is 14.8 Å². The molecule has 0 heterocycles. The number of sulfone groups is 1. The Morgan fingerprint density at radius 2 is 2.00 bits per heavy atom. The lowest BCUT2D eigenvalue weighted by Gasteiger charge is -2.20. The van der Waals surface area contributed by atoms with Crippen molar-refractivity contribution in [2.45, 2.75) is 24.8 Å². The van der Waals surface area contributed by atoms with Crippen molar-refractivity contribution in [2.75, 3.05) is 18.2 Å². The highest BCUT2D eigenvalue weighted by Crippen LogP contribution is 2.28. The van der Waals surface area contributed by atoms with Crippen LogP contribution in [0, 0.1) is 16.0 Å². The highest BCUT2D eigenvalue weighted by atomic mass is 32.2. The van der Waals surface area contributed by atoms with Gasteiger partial charge in [-0.1, -0.05) is 6.92 Å². The summed E-state index contributed by atoms with van der Waals surface area (Å²) in [5.41, 5.74) is -0.0693. The van der Waals surface area contributed by atoms with E-state index in [2.05, 4.69) is 5.32 Å². The number of benzene rings is 1. The molecule has 0 radical (unpaired) electrons. The molecule has 7 nitrogen and oxygen atoms in total. The lowest BCUT2D eigenvalue weighted by Crippen LogP contribution is -2.26. The van der Waals surface area contributed by atoms with Crippen LogP contribution in [0.15, 0.2) is 23.1 Å². The smallest absolute Gasteiger partial charge is 0.293 e. The molecule has 1 aromatic carbocycles. The van der Waals surface area contributed by atoms with Gasteiger partial charge in [0.1, 0.15) is 5.69 Å². The van der Waals surface area contributed by atoms with E-state index in [9.17, 15) is 18.5 Å².